The van der Waals surface area contributed by atoms with Gasteiger partial charge in [-0.3, -0.25) is 4.79 Å². The average molecular weight is 238 g/mol. The van der Waals surface area contributed by atoms with E-state index in [4.69, 9.17) is 5.73 Å². The van der Waals surface area contributed by atoms with E-state index >= 15 is 0 Å². The van der Waals surface area contributed by atoms with E-state index in [1.165, 1.54) is 32.1 Å². The van der Waals surface area contributed by atoms with Gasteiger partial charge in [0.2, 0.25) is 5.91 Å². The molecule has 1 amide bonds. The highest BCUT2D eigenvalue weighted by atomic mass is 16.2. The second-order valence-electron chi connectivity index (χ2n) is 6.07. The van der Waals surface area contributed by atoms with Crippen LogP contribution in [0.2, 0.25) is 0 Å². The van der Waals surface area contributed by atoms with Crippen LogP contribution < -0.4 is 5.73 Å². The number of likely N-dealkylation sites (tertiary alicyclic amines) is 1. The van der Waals surface area contributed by atoms with E-state index in [1.807, 2.05) is 6.92 Å². The van der Waals surface area contributed by atoms with Gasteiger partial charge in [0.15, 0.2) is 0 Å². The predicted octanol–water partition coefficient (Wildman–Crippen LogP) is 2.29. The summed E-state index contributed by atoms with van der Waals surface area (Å²) in [6, 6.07) is 0.496. The van der Waals surface area contributed by atoms with Gasteiger partial charge in [0.1, 0.15) is 0 Å². The minimum atomic E-state index is -0.652. The van der Waals surface area contributed by atoms with Gasteiger partial charge >= 0.3 is 0 Å². The maximum Gasteiger partial charge on any atom is 0.242 e. The molecule has 0 aromatic rings. The Hall–Kier alpha value is -0.570. The third kappa shape index (κ3) is 2.49. The molecule has 1 aliphatic carbocycles. The summed E-state index contributed by atoms with van der Waals surface area (Å²) in [5.41, 5.74) is 5.53. The Morgan fingerprint density at radius 2 is 2.06 bits per heavy atom. The van der Waals surface area contributed by atoms with E-state index in [9.17, 15) is 4.79 Å². The Morgan fingerprint density at radius 3 is 2.76 bits per heavy atom. The fraction of sp³-hybridized carbons (Fsp3) is 0.929. The molecule has 3 heteroatoms. The largest absolute Gasteiger partial charge is 0.338 e. The summed E-state index contributed by atoms with van der Waals surface area (Å²) in [7, 11) is 0. The summed E-state index contributed by atoms with van der Waals surface area (Å²) in [6.45, 7) is 4.92. The van der Waals surface area contributed by atoms with Gasteiger partial charge in [-0.15, -0.1) is 0 Å². The van der Waals surface area contributed by atoms with E-state index in [-0.39, 0.29) is 5.91 Å². The van der Waals surface area contributed by atoms with Crippen molar-refractivity contribution in [1.82, 2.24) is 4.90 Å². The van der Waals surface area contributed by atoms with E-state index in [0.29, 0.717) is 6.04 Å². The van der Waals surface area contributed by atoms with Crippen LogP contribution in [0.15, 0.2) is 0 Å². The van der Waals surface area contributed by atoms with Crippen LogP contribution in [-0.4, -0.2) is 28.9 Å². The summed E-state index contributed by atoms with van der Waals surface area (Å²) in [5, 5.41) is 0. The van der Waals surface area contributed by atoms with E-state index in [2.05, 4.69) is 11.8 Å². The highest BCUT2D eigenvalue weighted by molar-refractivity contribution is 5.86. The number of nitrogens with two attached hydrogens (primary N) is 1. The summed E-state index contributed by atoms with van der Waals surface area (Å²) in [6.07, 6.45) is 8.08. The Balaban J connectivity index is 2.04. The van der Waals surface area contributed by atoms with Gasteiger partial charge in [-0.1, -0.05) is 26.2 Å². The van der Waals surface area contributed by atoms with Crippen LogP contribution in [0, 0.1) is 5.92 Å². The molecular formula is C14H26N2O. The molecule has 0 aromatic carbocycles. The minimum absolute atomic E-state index is 0.189. The van der Waals surface area contributed by atoms with Crippen LogP contribution in [0.1, 0.15) is 58.8 Å². The molecule has 0 spiro atoms. The van der Waals surface area contributed by atoms with Crippen LogP contribution in [0.25, 0.3) is 0 Å². The molecule has 2 rings (SSSR count). The van der Waals surface area contributed by atoms with Gasteiger partial charge in [-0.25, -0.2) is 0 Å². The molecule has 0 bridgehead atoms. The van der Waals surface area contributed by atoms with Crippen molar-refractivity contribution < 1.29 is 4.79 Å². The average Bonchev–Trinajstić information content (AvgIpc) is 2.71. The minimum Gasteiger partial charge on any atom is -0.338 e. The number of carbonyl (C=O) groups is 1. The SMILES string of the molecule is CCCC(C)(N)C(=O)N1CCC2CCCCC21. The first kappa shape index (κ1) is 12.9. The molecule has 3 nitrogen and oxygen atoms in total. The van der Waals surface area contributed by atoms with Crippen LogP contribution in [-0.2, 0) is 4.79 Å². The summed E-state index contributed by atoms with van der Waals surface area (Å²) in [5.74, 6) is 0.943. The molecule has 17 heavy (non-hydrogen) atoms. The van der Waals surface area contributed by atoms with Gasteiger partial charge < -0.3 is 10.6 Å². The van der Waals surface area contributed by atoms with Crippen molar-refractivity contribution in [2.24, 2.45) is 11.7 Å². The van der Waals surface area contributed by atoms with Crippen LogP contribution >= 0.6 is 0 Å². The van der Waals surface area contributed by atoms with Gasteiger partial charge in [0.05, 0.1) is 5.54 Å². The van der Waals surface area contributed by atoms with Crippen LogP contribution in [0.4, 0.5) is 0 Å². The van der Waals surface area contributed by atoms with Crippen LogP contribution in [0.3, 0.4) is 0 Å². The zero-order valence-corrected chi connectivity index (χ0v) is 11.2. The summed E-state index contributed by atoms with van der Waals surface area (Å²) in [4.78, 5) is 14.6. The molecule has 2 aliphatic rings. The Bertz CT molecular complexity index is 288. The van der Waals surface area contributed by atoms with E-state index < -0.39 is 5.54 Å². The number of carbonyl (C=O) groups excluding carboxylic acids is 1. The molecule has 2 fully saturated rings. The smallest absolute Gasteiger partial charge is 0.242 e. The summed E-state index contributed by atoms with van der Waals surface area (Å²) >= 11 is 0. The Morgan fingerprint density at radius 1 is 1.35 bits per heavy atom. The molecule has 0 aromatic heterocycles. The van der Waals surface area contributed by atoms with E-state index in [0.717, 1.165) is 25.3 Å². The van der Waals surface area contributed by atoms with Crippen molar-refractivity contribution in [2.75, 3.05) is 6.54 Å². The molecule has 3 unspecified atom stereocenters. The standard InChI is InChI=1S/C14H26N2O/c1-3-9-14(2,15)13(17)16-10-8-11-6-4-5-7-12(11)16/h11-12H,3-10,15H2,1-2H3. The van der Waals surface area contributed by atoms with Crippen molar-refractivity contribution in [1.29, 1.82) is 0 Å². The number of rotatable bonds is 3. The third-order valence-corrected chi connectivity index (χ3v) is 4.53. The van der Waals surface area contributed by atoms with Gasteiger partial charge in [0, 0.05) is 12.6 Å². The van der Waals surface area contributed by atoms with Crippen molar-refractivity contribution in [3.8, 4) is 0 Å². The maximum absolute atomic E-state index is 12.5. The lowest BCUT2D eigenvalue weighted by Crippen LogP contribution is -2.55. The second-order valence-corrected chi connectivity index (χ2v) is 6.07. The van der Waals surface area contributed by atoms with Crippen molar-refractivity contribution in [3.05, 3.63) is 0 Å². The Labute approximate surface area is 105 Å². The first-order valence-electron chi connectivity index (χ1n) is 7.16. The van der Waals surface area contributed by atoms with E-state index in [1.54, 1.807) is 0 Å². The zero-order valence-electron chi connectivity index (χ0n) is 11.2. The molecule has 1 saturated carbocycles. The normalized spacial score (nSPS) is 32.1. The van der Waals surface area contributed by atoms with Gasteiger partial charge in [-0.2, -0.15) is 0 Å². The molecule has 3 atom stereocenters. The van der Waals surface area contributed by atoms with Crippen molar-refractivity contribution in [3.63, 3.8) is 0 Å². The lowest BCUT2D eigenvalue weighted by Gasteiger charge is -2.36. The van der Waals surface area contributed by atoms with Gasteiger partial charge in [-0.05, 0) is 38.5 Å². The fourth-order valence-electron chi connectivity index (χ4n) is 3.61. The van der Waals surface area contributed by atoms with Crippen molar-refractivity contribution >= 4 is 5.91 Å². The lowest BCUT2D eigenvalue weighted by molar-refractivity contribution is -0.138. The maximum atomic E-state index is 12.5. The molecule has 1 aliphatic heterocycles. The second kappa shape index (κ2) is 4.97. The molecule has 1 heterocycles. The molecule has 0 radical (unpaired) electrons. The number of hydrogen-bond acceptors (Lipinski definition) is 2. The van der Waals surface area contributed by atoms with Gasteiger partial charge in [0.25, 0.3) is 0 Å². The highest BCUT2D eigenvalue weighted by Gasteiger charge is 2.42. The molecule has 98 valence electrons. The van der Waals surface area contributed by atoms with Crippen molar-refractivity contribution in [2.45, 2.75) is 70.4 Å². The molecular weight excluding hydrogens is 212 g/mol. The fourth-order valence-corrected chi connectivity index (χ4v) is 3.61. The zero-order chi connectivity index (χ0) is 12.5. The Kier molecular flexibility index (Phi) is 3.76. The first-order valence-corrected chi connectivity index (χ1v) is 7.16. The quantitative estimate of drug-likeness (QED) is 0.820. The predicted molar refractivity (Wildman–Crippen MR) is 69.6 cm³/mol. The number of nitrogens with zero attached hydrogens (tertiary/aromatic N) is 1. The first-order chi connectivity index (χ1) is 8.06. The molecule has 1 saturated heterocycles. The number of fused-ring (bicyclic) bond motifs is 1. The topological polar surface area (TPSA) is 46.3 Å². The lowest BCUT2D eigenvalue weighted by atomic mass is 9.84. The third-order valence-electron chi connectivity index (χ3n) is 4.53. The summed E-state index contributed by atoms with van der Waals surface area (Å²) < 4.78 is 0. The highest BCUT2D eigenvalue weighted by Crippen LogP contribution is 2.37. The number of hydrogen-bond donors (Lipinski definition) is 1. The monoisotopic (exact) mass is 238 g/mol. The van der Waals surface area contributed by atoms with Crippen LogP contribution in [0.5, 0.6) is 0 Å². The molecule has 2 N–H and O–H groups in total. The number of amides is 1.